The zero-order valence-electron chi connectivity index (χ0n) is 24.0. The number of phenolic OH excluding ortho intramolecular Hbond substituents is 1. The second-order valence-corrected chi connectivity index (χ2v) is 14.3. The molecule has 15 heteroatoms. The van der Waals surface area contributed by atoms with Crippen molar-refractivity contribution in [2.75, 3.05) is 27.3 Å². The number of hydrogen-bond donors (Lipinski definition) is 9. The highest BCUT2D eigenvalue weighted by Gasteiger charge is 2.67. The maximum absolute atomic E-state index is 14.1. The number of carbonyl (C=O) groups is 4. The molecule has 1 aromatic rings. The Kier molecular flexibility index (Phi) is 8.88. The SMILES string of the molecule is CN(C)[C@@H]1C(=O)C(C(=O)NCNC(CCCCN)C(=O)O)=C(O)[C@@]2(O)C(=O)C3=C(O)c4c(O)cccc4[C@@](C)(O)[Si]3C[C@@H]12. The van der Waals surface area contributed by atoms with Gasteiger partial charge in [0.25, 0.3) is 5.91 Å². The quantitative estimate of drug-likeness (QED) is 0.0660. The van der Waals surface area contributed by atoms with Crippen LogP contribution in [-0.4, -0.2) is 113 Å². The number of carboxylic acid groups (broad SMARTS) is 1. The molecule has 10 N–H and O–H groups in total. The number of hydrogen-bond acceptors (Lipinski definition) is 12. The van der Waals surface area contributed by atoms with Crippen molar-refractivity contribution >= 4 is 38.0 Å². The summed E-state index contributed by atoms with van der Waals surface area (Å²) in [6, 6.07) is 1.76. The van der Waals surface area contributed by atoms with Crippen LogP contribution in [0.5, 0.6) is 5.75 Å². The number of unbranched alkanes of at least 4 members (excludes halogenated alkanes) is 1. The monoisotopic (exact) mass is 617 g/mol. The van der Waals surface area contributed by atoms with E-state index in [4.69, 9.17) is 5.73 Å². The largest absolute Gasteiger partial charge is 0.508 e. The number of aliphatic carboxylic acids is 1. The van der Waals surface area contributed by atoms with E-state index in [0.717, 1.165) is 0 Å². The average Bonchev–Trinajstić information content (AvgIpc) is 2.92. The molecule has 0 saturated carbocycles. The minimum atomic E-state index is -2.83. The first kappa shape index (κ1) is 32.3. The number of phenols is 1. The molecule has 0 aromatic heterocycles. The molecule has 3 aliphatic rings. The number of likely N-dealkylation sites (N-methyl/N-ethyl adjacent to an activating group) is 1. The Bertz CT molecular complexity index is 1420. The Balaban J connectivity index is 1.75. The van der Waals surface area contributed by atoms with E-state index in [9.17, 15) is 49.8 Å². The van der Waals surface area contributed by atoms with Gasteiger partial charge in [-0.05, 0) is 58.1 Å². The lowest BCUT2D eigenvalue weighted by Gasteiger charge is -2.52. The van der Waals surface area contributed by atoms with E-state index in [1.54, 1.807) is 0 Å². The summed E-state index contributed by atoms with van der Waals surface area (Å²) >= 11 is 0. The van der Waals surface area contributed by atoms with Crippen molar-refractivity contribution in [2.24, 2.45) is 11.7 Å². The van der Waals surface area contributed by atoms with Crippen LogP contribution in [0.2, 0.25) is 6.04 Å². The molecule has 1 aromatic carbocycles. The number of aliphatic hydroxyl groups excluding tert-OH is 2. The zero-order chi connectivity index (χ0) is 32.0. The van der Waals surface area contributed by atoms with Gasteiger partial charge in [0.2, 0.25) is 0 Å². The number of nitrogens with zero attached hydrogens (tertiary/aromatic N) is 1. The molecule has 1 saturated heterocycles. The Hall–Kier alpha value is -3.60. The van der Waals surface area contributed by atoms with Gasteiger partial charge < -0.3 is 41.7 Å². The number of ketones is 2. The molecule has 2 heterocycles. The number of Topliss-reactive ketones (excluding diaryl/α,β-unsaturated/α-hetero) is 2. The van der Waals surface area contributed by atoms with Gasteiger partial charge in [0, 0.05) is 11.1 Å². The molecule has 5 atom stereocenters. The summed E-state index contributed by atoms with van der Waals surface area (Å²) in [4.78, 5) is 54.1. The summed E-state index contributed by atoms with van der Waals surface area (Å²) < 4.78 is 0. The fourth-order valence-corrected chi connectivity index (χ4v) is 9.82. The molecular weight excluding hydrogens is 580 g/mol. The number of nitrogens with one attached hydrogen (secondary N) is 2. The highest BCUT2D eigenvalue weighted by Crippen LogP contribution is 2.53. The average molecular weight is 618 g/mol. The van der Waals surface area contributed by atoms with Crippen molar-refractivity contribution in [1.29, 1.82) is 0 Å². The van der Waals surface area contributed by atoms with Crippen LogP contribution >= 0.6 is 0 Å². The number of carbonyl (C=O) groups excluding carboxylic acids is 3. The number of fused-ring (bicyclic) bond motifs is 3. The van der Waals surface area contributed by atoms with Gasteiger partial charge in [0.15, 0.2) is 17.2 Å². The summed E-state index contributed by atoms with van der Waals surface area (Å²) in [5.74, 6) is -7.95. The molecular formula is C28H37N4O10Si. The van der Waals surface area contributed by atoms with E-state index in [1.165, 1.54) is 44.1 Å². The molecule has 0 bridgehead atoms. The van der Waals surface area contributed by atoms with Crippen molar-refractivity contribution in [3.8, 4) is 5.75 Å². The lowest BCUT2D eigenvalue weighted by molar-refractivity contribution is -0.148. The zero-order valence-corrected chi connectivity index (χ0v) is 25.0. The second kappa shape index (κ2) is 11.8. The maximum atomic E-state index is 14.1. The van der Waals surface area contributed by atoms with Gasteiger partial charge in [0.05, 0.1) is 23.5 Å². The van der Waals surface area contributed by atoms with Crippen molar-refractivity contribution in [3.63, 3.8) is 0 Å². The maximum Gasteiger partial charge on any atom is 0.320 e. The Morgan fingerprint density at radius 1 is 1.16 bits per heavy atom. The van der Waals surface area contributed by atoms with Crippen LogP contribution in [0.1, 0.15) is 37.3 Å². The number of rotatable bonds is 10. The van der Waals surface area contributed by atoms with Crippen LogP contribution < -0.4 is 16.4 Å². The standard InChI is InChI=1S/C28H37N4O10Si/c1-27(41)13-7-6-9-16(33)17(13)21(35)22-24(37)28(42)14(11-43(22)27)19(32(2)3)20(34)18(23(28)36)25(38)31-12-30-15(26(39)40)8-4-5-10-29/h6-7,9,14-15,19,30,33,35-36,41-42H,4-5,8,10-12,29H2,1-3H3,(H,31,38)(H,39,40)/t14-,15?,19-,27-,28+/m0/s1. The lowest BCUT2D eigenvalue weighted by Crippen LogP contribution is -2.69. The van der Waals surface area contributed by atoms with E-state index in [1.807, 2.05) is 0 Å². The number of nitrogens with two attached hydrogens (primary N) is 1. The van der Waals surface area contributed by atoms with Crippen LogP contribution in [0.25, 0.3) is 5.76 Å². The summed E-state index contributed by atoms with van der Waals surface area (Å²) in [6.07, 6.45) is 1.34. The third-order valence-electron chi connectivity index (χ3n) is 8.58. The molecule has 4 rings (SSSR count). The topological polar surface area (TPSA) is 243 Å². The van der Waals surface area contributed by atoms with Gasteiger partial charge >= 0.3 is 5.97 Å². The van der Waals surface area contributed by atoms with Gasteiger partial charge in [-0.3, -0.25) is 29.4 Å². The Morgan fingerprint density at radius 2 is 1.84 bits per heavy atom. The van der Waals surface area contributed by atoms with E-state index < -0.39 is 90.6 Å². The fourth-order valence-electron chi connectivity index (χ4n) is 6.36. The summed E-state index contributed by atoms with van der Waals surface area (Å²) in [5, 5.41) is 68.9. The molecule has 1 aliphatic carbocycles. The van der Waals surface area contributed by atoms with Crippen molar-refractivity contribution in [1.82, 2.24) is 15.5 Å². The van der Waals surface area contributed by atoms with Crippen molar-refractivity contribution in [2.45, 2.75) is 55.1 Å². The van der Waals surface area contributed by atoms with Gasteiger partial charge in [-0.25, -0.2) is 0 Å². The third-order valence-corrected chi connectivity index (χ3v) is 11.9. The fraction of sp³-hybridized carbons (Fsp3) is 0.500. The van der Waals surface area contributed by atoms with E-state index in [0.29, 0.717) is 19.4 Å². The number of aliphatic hydroxyl groups is 4. The smallest absolute Gasteiger partial charge is 0.320 e. The molecule has 233 valence electrons. The minimum absolute atomic E-state index is 0.160. The summed E-state index contributed by atoms with van der Waals surface area (Å²) in [5.41, 5.74) is 1.73. The Labute approximate surface area is 249 Å². The molecule has 0 spiro atoms. The first-order valence-electron chi connectivity index (χ1n) is 13.8. The van der Waals surface area contributed by atoms with Gasteiger partial charge in [-0.1, -0.05) is 18.6 Å². The number of amides is 1. The van der Waals surface area contributed by atoms with Crippen LogP contribution in [0.4, 0.5) is 0 Å². The molecule has 1 amide bonds. The van der Waals surface area contributed by atoms with Gasteiger partial charge in [0.1, 0.15) is 37.7 Å². The van der Waals surface area contributed by atoms with Crippen LogP contribution in [0.15, 0.2) is 34.7 Å². The minimum Gasteiger partial charge on any atom is -0.508 e. The molecule has 14 nitrogen and oxygen atoms in total. The van der Waals surface area contributed by atoms with E-state index in [-0.39, 0.29) is 28.8 Å². The third kappa shape index (κ3) is 5.15. The predicted molar refractivity (Wildman–Crippen MR) is 154 cm³/mol. The molecule has 1 fully saturated rings. The first-order valence-corrected chi connectivity index (χ1v) is 15.5. The van der Waals surface area contributed by atoms with Crippen molar-refractivity contribution in [3.05, 3.63) is 45.9 Å². The van der Waals surface area contributed by atoms with Gasteiger partial charge in [-0.15, -0.1) is 0 Å². The van der Waals surface area contributed by atoms with E-state index in [2.05, 4.69) is 10.6 Å². The highest BCUT2D eigenvalue weighted by atomic mass is 28.3. The van der Waals surface area contributed by atoms with Gasteiger partial charge in [-0.2, -0.15) is 0 Å². The summed E-state index contributed by atoms with van der Waals surface area (Å²) in [6.45, 7) is 1.40. The predicted octanol–water partition coefficient (Wildman–Crippen LogP) is -1.04. The number of carboxylic acids is 1. The number of benzene rings is 1. The van der Waals surface area contributed by atoms with Crippen molar-refractivity contribution < 1.29 is 49.8 Å². The summed E-state index contributed by atoms with van der Waals surface area (Å²) in [7, 11) is 0.486. The molecule has 43 heavy (non-hydrogen) atoms. The first-order chi connectivity index (χ1) is 20.1. The van der Waals surface area contributed by atoms with Crippen LogP contribution in [0, 0.1) is 5.92 Å². The Morgan fingerprint density at radius 3 is 2.44 bits per heavy atom. The second-order valence-electron chi connectivity index (χ2n) is 11.4. The van der Waals surface area contributed by atoms with Crippen LogP contribution in [-0.2, 0) is 24.4 Å². The molecule has 1 unspecified atom stereocenters. The molecule has 2 aliphatic heterocycles. The van der Waals surface area contributed by atoms with E-state index >= 15 is 0 Å². The normalized spacial score (nSPS) is 28.0. The number of aromatic hydroxyl groups is 1. The lowest BCUT2D eigenvalue weighted by atomic mass is 9.69. The highest BCUT2D eigenvalue weighted by molar-refractivity contribution is 6.78. The molecule has 1 radical (unpaired) electrons. The van der Waals surface area contributed by atoms with Crippen LogP contribution in [0.3, 0.4) is 0 Å².